The third-order valence-corrected chi connectivity index (χ3v) is 3.29. The van der Waals surface area contributed by atoms with Crippen molar-refractivity contribution in [3.63, 3.8) is 0 Å². The van der Waals surface area contributed by atoms with Crippen LogP contribution < -0.4 is 5.56 Å². The van der Waals surface area contributed by atoms with Crippen molar-refractivity contribution in [2.75, 3.05) is 13.7 Å². The second-order valence-electron chi connectivity index (χ2n) is 4.40. The Kier molecular flexibility index (Phi) is 3.87. The highest BCUT2D eigenvalue weighted by atomic mass is 19.3. The van der Waals surface area contributed by atoms with E-state index in [0.717, 1.165) is 12.0 Å². The Morgan fingerprint density at radius 1 is 1.63 bits per heavy atom. The Morgan fingerprint density at radius 2 is 2.37 bits per heavy atom. The largest absolute Gasteiger partial charge is 0.453 e. The summed E-state index contributed by atoms with van der Waals surface area (Å²) in [6.45, 7) is 0.140. The maximum absolute atomic E-state index is 13.0. The standard InChI is InChI=1S/C11H14F2N2O4/c1-18-11(17)15-3-2-6(4-7(15)10(12)13)8-5-9(16)14-19-8/h5-7,10H,2-4H2,1H3,(H,14,16). The molecule has 0 spiro atoms. The Hall–Kier alpha value is -1.86. The first-order valence-electron chi connectivity index (χ1n) is 5.84. The number of ether oxygens (including phenoxy) is 1. The minimum atomic E-state index is -2.67. The third-order valence-electron chi connectivity index (χ3n) is 3.29. The van der Waals surface area contributed by atoms with E-state index in [4.69, 9.17) is 4.52 Å². The van der Waals surface area contributed by atoms with Gasteiger partial charge in [0.05, 0.1) is 13.2 Å². The van der Waals surface area contributed by atoms with Gasteiger partial charge in [0.25, 0.3) is 12.0 Å². The second-order valence-corrected chi connectivity index (χ2v) is 4.40. The molecule has 2 unspecified atom stereocenters. The quantitative estimate of drug-likeness (QED) is 0.889. The lowest BCUT2D eigenvalue weighted by Crippen LogP contribution is -2.49. The average Bonchev–Trinajstić information content (AvgIpc) is 2.83. The number of H-pyrrole nitrogens is 1. The fourth-order valence-electron chi connectivity index (χ4n) is 2.34. The number of carbonyl (C=O) groups is 1. The SMILES string of the molecule is COC(=O)N1CCC(c2cc(=O)[nH]o2)CC1C(F)F. The first-order chi connectivity index (χ1) is 9.02. The zero-order valence-electron chi connectivity index (χ0n) is 10.3. The summed E-state index contributed by atoms with van der Waals surface area (Å²) >= 11 is 0. The van der Waals surface area contributed by atoms with Crippen LogP contribution in [-0.2, 0) is 4.74 Å². The molecule has 0 radical (unpaired) electrons. The number of halogens is 2. The number of aromatic amines is 1. The molecule has 0 aliphatic carbocycles. The van der Waals surface area contributed by atoms with Crippen LogP contribution in [0.4, 0.5) is 13.6 Å². The molecule has 106 valence electrons. The molecule has 1 aromatic heterocycles. The summed E-state index contributed by atoms with van der Waals surface area (Å²) in [6, 6.07) is 0.0208. The summed E-state index contributed by atoms with van der Waals surface area (Å²) < 4.78 is 35.4. The second kappa shape index (κ2) is 5.41. The Labute approximate surface area is 107 Å². The maximum Gasteiger partial charge on any atom is 0.409 e. The Morgan fingerprint density at radius 3 is 2.89 bits per heavy atom. The predicted molar refractivity (Wildman–Crippen MR) is 60.2 cm³/mol. The highest BCUT2D eigenvalue weighted by molar-refractivity contribution is 5.68. The molecule has 0 aromatic carbocycles. The number of alkyl halides is 2. The number of hydrogen-bond donors (Lipinski definition) is 1. The van der Waals surface area contributed by atoms with Gasteiger partial charge < -0.3 is 9.26 Å². The summed E-state index contributed by atoms with van der Waals surface area (Å²) in [4.78, 5) is 23.4. The number of aromatic nitrogens is 1. The van der Waals surface area contributed by atoms with Gasteiger partial charge in [-0.1, -0.05) is 0 Å². The molecule has 2 heterocycles. The molecule has 0 saturated carbocycles. The maximum atomic E-state index is 13.0. The average molecular weight is 276 g/mol. The normalized spacial score (nSPS) is 23.7. The van der Waals surface area contributed by atoms with Gasteiger partial charge in [0.1, 0.15) is 5.76 Å². The molecule has 1 N–H and O–H groups in total. The van der Waals surface area contributed by atoms with Crippen LogP contribution >= 0.6 is 0 Å². The van der Waals surface area contributed by atoms with Crippen LogP contribution in [-0.4, -0.2) is 42.3 Å². The monoisotopic (exact) mass is 276 g/mol. The number of nitrogens with one attached hydrogen (secondary N) is 1. The number of likely N-dealkylation sites (tertiary alicyclic amines) is 1. The van der Waals surface area contributed by atoms with Crippen molar-refractivity contribution < 1.29 is 22.8 Å². The summed E-state index contributed by atoms with van der Waals surface area (Å²) in [7, 11) is 1.15. The lowest BCUT2D eigenvalue weighted by atomic mass is 9.89. The van der Waals surface area contributed by atoms with Crippen LogP contribution in [0, 0.1) is 0 Å². The zero-order valence-corrected chi connectivity index (χ0v) is 10.3. The number of nitrogens with zero attached hydrogens (tertiary/aromatic N) is 1. The summed E-state index contributed by atoms with van der Waals surface area (Å²) in [6.07, 6.45) is -2.96. The van der Waals surface area contributed by atoms with Gasteiger partial charge in [0, 0.05) is 18.5 Å². The van der Waals surface area contributed by atoms with Crippen molar-refractivity contribution in [3.8, 4) is 0 Å². The molecule has 1 saturated heterocycles. The molecule has 1 aliphatic rings. The van der Waals surface area contributed by atoms with E-state index < -0.39 is 24.1 Å². The van der Waals surface area contributed by atoms with E-state index in [2.05, 4.69) is 9.89 Å². The van der Waals surface area contributed by atoms with Crippen LogP contribution in [0.15, 0.2) is 15.4 Å². The first kappa shape index (κ1) is 13.6. The van der Waals surface area contributed by atoms with Crippen molar-refractivity contribution in [1.82, 2.24) is 10.1 Å². The highest BCUT2D eigenvalue weighted by Gasteiger charge is 2.39. The summed E-state index contributed by atoms with van der Waals surface area (Å²) in [5, 5.41) is 2.13. The Bertz CT molecular complexity index is 499. The smallest absolute Gasteiger partial charge is 0.409 e. The van der Waals surface area contributed by atoms with E-state index in [9.17, 15) is 18.4 Å². The van der Waals surface area contributed by atoms with Crippen LogP contribution in [0.3, 0.4) is 0 Å². The molecular formula is C11H14F2N2O4. The van der Waals surface area contributed by atoms with Gasteiger partial charge in [0.15, 0.2) is 0 Å². The molecule has 1 fully saturated rings. The van der Waals surface area contributed by atoms with Crippen LogP contribution in [0.5, 0.6) is 0 Å². The number of carbonyl (C=O) groups excluding carboxylic acids is 1. The van der Waals surface area contributed by atoms with Gasteiger partial charge >= 0.3 is 6.09 Å². The van der Waals surface area contributed by atoms with Gasteiger partial charge in [-0.25, -0.2) is 13.6 Å². The molecule has 0 bridgehead atoms. The number of rotatable bonds is 2. The van der Waals surface area contributed by atoms with Crippen LogP contribution in [0.25, 0.3) is 0 Å². The van der Waals surface area contributed by atoms with Gasteiger partial charge in [-0.3, -0.25) is 9.69 Å². The number of amides is 1. The molecule has 6 nitrogen and oxygen atoms in total. The molecule has 2 rings (SSSR count). The van der Waals surface area contributed by atoms with Gasteiger partial charge in [-0.05, 0) is 12.8 Å². The van der Waals surface area contributed by atoms with E-state index in [1.165, 1.54) is 6.07 Å². The lowest BCUT2D eigenvalue weighted by molar-refractivity contribution is -0.00145. The van der Waals surface area contributed by atoms with E-state index in [-0.39, 0.29) is 18.9 Å². The topological polar surface area (TPSA) is 75.5 Å². The van der Waals surface area contributed by atoms with E-state index in [1.54, 1.807) is 0 Å². The molecule has 2 atom stereocenters. The molecule has 1 aliphatic heterocycles. The molecule has 1 aromatic rings. The molecule has 1 amide bonds. The Balaban J connectivity index is 2.14. The minimum absolute atomic E-state index is 0.0353. The van der Waals surface area contributed by atoms with Crippen LogP contribution in [0.2, 0.25) is 0 Å². The predicted octanol–water partition coefficient (Wildman–Crippen LogP) is 1.55. The van der Waals surface area contributed by atoms with E-state index in [1.807, 2.05) is 0 Å². The number of methoxy groups -OCH3 is 1. The fourth-order valence-corrected chi connectivity index (χ4v) is 2.34. The molecule has 8 heteroatoms. The number of piperidine rings is 1. The van der Waals surface area contributed by atoms with Crippen LogP contribution in [0.1, 0.15) is 24.5 Å². The fraction of sp³-hybridized carbons (Fsp3) is 0.636. The summed E-state index contributed by atoms with van der Waals surface area (Å²) in [5.74, 6) is 0.0408. The zero-order chi connectivity index (χ0) is 14.0. The minimum Gasteiger partial charge on any atom is -0.453 e. The van der Waals surface area contributed by atoms with Gasteiger partial charge in [-0.2, -0.15) is 5.16 Å². The lowest BCUT2D eigenvalue weighted by Gasteiger charge is -2.37. The van der Waals surface area contributed by atoms with E-state index in [0.29, 0.717) is 12.2 Å². The van der Waals surface area contributed by atoms with Gasteiger partial charge in [0.2, 0.25) is 0 Å². The third kappa shape index (κ3) is 2.77. The van der Waals surface area contributed by atoms with E-state index >= 15 is 0 Å². The van der Waals surface area contributed by atoms with Crippen molar-refractivity contribution >= 4 is 6.09 Å². The highest BCUT2D eigenvalue weighted by Crippen LogP contribution is 2.33. The number of hydrogen-bond acceptors (Lipinski definition) is 4. The van der Waals surface area contributed by atoms with Crippen molar-refractivity contribution in [2.45, 2.75) is 31.2 Å². The first-order valence-corrected chi connectivity index (χ1v) is 5.84. The van der Waals surface area contributed by atoms with Crippen molar-refractivity contribution in [1.29, 1.82) is 0 Å². The molecular weight excluding hydrogens is 262 g/mol. The van der Waals surface area contributed by atoms with Crippen molar-refractivity contribution in [3.05, 3.63) is 22.2 Å². The van der Waals surface area contributed by atoms with Crippen molar-refractivity contribution in [2.24, 2.45) is 0 Å². The summed E-state index contributed by atoms with van der Waals surface area (Å²) in [5.41, 5.74) is -0.404. The van der Waals surface area contributed by atoms with Gasteiger partial charge in [-0.15, -0.1) is 0 Å². The molecule has 19 heavy (non-hydrogen) atoms.